The van der Waals surface area contributed by atoms with Gasteiger partial charge in [-0.3, -0.25) is 0 Å². The maximum absolute atomic E-state index is 2.74. The second kappa shape index (κ2) is 42.5. The monoisotopic (exact) mass is 743 g/mol. The molecule has 1 aliphatic rings. The van der Waals surface area contributed by atoms with Crippen molar-refractivity contribution in [2.45, 2.75) is 303 Å². The number of hydrogen-bond acceptors (Lipinski definition) is 2. The van der Waals surface area contributed by atoms with Gasteiger partial charge >= 0.3 is 0 Å². The second-order valence-corrected chi connectivity index (χ2v) is 17.8. The summed E-state index contributed by atoms with van der Waals surface area (Å²) < 4.78 is 0. The summed E-state index contributed by atoms with van der Waals surface area (Å²) in [4.78, 5) is 5.48. The number of nitrogens with zero attached hydrogens (tertiary/aromatic N) is 2. The standard InChI is InChI=1S/C51H102N2/c1-4-7-10-13-16-19-22-25-27-28-30-33-36-39-42-45-48-53-50-49-52(47-44-41-38-35-32-29-26-23-20-17-14-11-8-5-2)51(53)46-43-40-37-34-31-24-21-18-15-12-9-6-3/h49-51H,4-48H2,1-3H3. The summed E-state index contributed by atoms with van der Waals surface area (Å²) >= 11 is 0. The minimum atomic E-state index is 0.636. The van der Waals surface area contributed by atoms with Gasteiger partial charge < -0.3 is 9.80 Å². The minimum Gasteiger partial charge on any atom is -0.356 e. The van der Waals surface area contributed by atoms with E-state index in [2.05, 4.69) is 43.0 Å². The zero-order valence-corrected chi connectivity index (χ0v) is 37.4. The molecule has 0 amide bonds. The Morgan fingerprint density at radius 2 is 0.434 bits per heavy atom. The molecule has 0 aromatic heterocycles. The molecule has 1 aliphatic heterocycles. The van der Waals surface area contributed by atoms with Crippen LogP contribution in [0.25, 0.3) is 0 Å². The Balaban J connectivity index is 2.19. The lowest BCUT2D eigenvalue weighted by Crippen LogP contribution is -2.39. The van der Waals surface area contributed by atoms with Crippen LogP contribution in [0.4, 0.5) is 0 Å². The SMILES string of the molecule is CCCCCCCCCCCCCCCCCCN1C=CN(CCCCCCCCCCCCCCCC)C1CCCCCCCCCCCCCC. The molecule has 0 bridgehead atoms. The summed E-state index contributed by atoms with van der Waals surface area (Å²) in [6.45, 7) is 9.50. The molecule has 0 aromatic rings. The first-order chi connectivity index (χ1) is 26.3. The Morgan fingerprint density at radius 3 is 0.660 bits per heavy atom. The first kappa shape index (κ1) is 50.4. The van der Waals surface area contributed by atoms with Crippen LogP contribution in [-0.2, 0) is 0 Å². The van der Waals surface area contributed by atoms with E-state index in [1.54, 1.807) is 0 Å². The molecule has 0 fully saturated rings. The third-order valence-electron chi connectivity index (χ3n) is 12.6. The highest BCUT2D eigenvalue weighted by atomic mass is 15.4. The molecule has 0 aromatic carbocycles. The fraction of sp³-hybridized carbons (Fsp3) is 0.961. The van der Waals surface area contributed by atoms with Crippen LogP contribution in [0, 0.1) is 0 Å². The molecular formula is C51H102N2. The average molecular weight is 743 g/mol. The van der Waals surface area contributed by atoms with E-state index >= 15 is 0 Å². The maximum atomic E-state index is 2.74. The van der Waals surface area contributed by atoms with Crippen LogP contribution in [0.1, 0.15) is 297 Å². The number of unbranched alkanes of at least 4 members (excludes halogenated alkanes) is 39. The van der Waals surface area contributed by atoms with Gasteiger partial charge in [0, 0.05) is 25.5 Å². The predicted octanol–water partition coefficient (Wildman–Crippen LogP) is 18.2. The van der Waals surface area contributed by atoms with E-state index in [1.165, 1.54) is 289 Å². The molecule has 1 atom stereocenters. The van der Waals surface area contributed by atoms with Crippen molar-refractivity contribution in [3.63, 3.8) is 0 Å². The van der Waals surface area contributed by atoms with Crippen molar-refractivity contribution < 1.29 is 0 Å². The molecule has 1 unspecified atom stereocenters. The highest BCUT2D eigenvalue weighted by Crippen LogP contribution is 2.24. The van der Waals surface area contributed by atoms with Gasteiger partial charge in [0.05, 0.1) is 0 Å². The summed E-state index contributed by atoms with van der Waals surface area (Å²) in [6, 6.07) is 0. The molecule has 0 spiro atoms. The lowest BCUT2D eigenvalue weighted by molar-refractivity contribution is 0.135. The normalized spacial score (nSPS) is 14.4. The molecule has 0 saturated heterocycles. The van der Waals surface area contributed by atoms with Gasteiger partial charge in [-0.2, -0.15) is 0 Å². The zero-order valence-electron chi connectivity index (χ0n) is 37.4. The van der Waals surface area contributed by atoms with Crippen LogP contribution in [0.5, 0.6) is 0 Å². The van der Waals surface area contributed by atoms with Crippen molar-refractivity contribution in [2.24, 2.45) is 0 Å². The fourth-order valence-electron chi connectivity index (χ4n) is 8.84. The van der Waals surface area contributed by atoms with Crippen LogP contribution in [0.3, 0.4) is 0 Å². The molecule has 0 saturated carbocycles. The highest BCUT2D eigenvalue weighted by molar-refractivity contribution is 4.97. The largest absolute Gasteiger partial charge is 0.356 e. The van der Waals surface area contributed by atoms with E-state index < -0.39 is 0 Å². The lowest BCUT2D eigenvalue weighted by atomic mass is 10.0. The van der Waals surface area contributed by atoms with Crippen LogP contribution < -0.4 is 0 Å². The quantitative estimate of drug-likeness (QED) is 0.0573. The Hall–Kier alpha value is -0.660. The van der Waals surface area contributed by atoms with Crippen molar-refractivity contribution in [3.8, 4) is 0 Å². The van der Waals surface area contributed by atoms with Gasteiger partial charge in [-0.15, -0.1) is 0 Å². The van der Waals surface area contributed by atoms with Gasteiger partial charge in [0.25, 0.3) is 0 Å². The Labute approximate surface area is 337 Å². The summed E-state index contributed by atoms with van der Waals surface area (Å²) in [5.41, 5.74) is 0. The van der Waals surface area contributed by atoms with Crippen LogP contribution in [0.2, 0.25) is 0 Å². The van der Waals surface area contributed by atoms with Crippen LogP contribution in [-0.4, -0.2) is 29.1 Å². The molecule has 2 nitrogen and oxygen atoms in total. The molecule has 0 aliphatic carbocycles. The second-order valence-electron chi connectivity index (χ2n) is 17.8. The summed E-state index contributed by atoms with van der Waals surface area (Å²) in [5, 5.41) is 0. The van der Waals surface area contributed by atoms with Gasteiger partial charge in [-0.05, 0) is 25.7 Å². The van der Waals surface area contributed by atoms with Gasteiger partial charge in [-0.25, -0.2) is 0 Å². The average Bonchev–Trinajstić information content (AvgIpc) is 3.55. The number of hydrogen-bond donors (Lipinski definition) is 0. The van der Waals surface area contributed by atoms with Gasteiger partial charge in [0.15, 0.2) is 0 Å². The topological polar surface area (TPSA) is 6.48 Å². The van der Waals surface area contributed by atoms with Crippen molar-refractivity contribution in [1.29, 1.82) is 0 Å². The molecule has 53 heavy (non-hydrogen) atoms. The van der Waals surface area contributed by atoms with Gasteiger partial charge in [-0.1, -0.05) is 271 Å². The molecule has 316 valence electrons. The molecule has 0 radical (unpaired) electrons. The molecule has 2 heteroatoms. The Bertz CT molecular complexity index is 702. The number of rotatable bonds is 45. The highest BCUT2D eigenvalue weighted by Gasteiger charge is 2.25. The first-order valence-electron chi connectivity index (χ1n) is 25.5. The van der Waals surface area contributed by atoms with E-state index in [-0.39, 0.29) is 0 Å². The van der Waals surface area contributed by atoms with Gasteiger partial charge in [0.1, 0.15) is 6.17 Å². The molecule has 1 heterocycles. The van der Waals surface area contributed by atoms with E-state index in [9.17, 15) is 0 Å². The van der Waals surface area contributed by atoms with E-state index in [0.717, 1.165) is 0 Å². The van der Waals surface area contributed by atoms with Crippen molar-refractivity contribution >= 4 is 0 Å². The summed E-state index contributed by atoms with van der Waals surface area (Å²) in [7, 11) is 0. The summed E-state index contributed by atoms with van der Waals surface area (Å²) in [6.07, 6.45) is 67.9. The van der Waals surface area contributed by atoms with Crippen molar-refractivity contribution in [2.75, 3.05) is 13.1 Å². The molecule has 0 N–H and O–H groups in total. The lowest BCUT2D eigenvalue weighted by Gasteiger charge is -2.33. The van der Waals surface area contributed by atoms with Gasteiger partial charge in [0.2, 0.25) is 0 Å². The smallest absolute Gasteiger partial charge is 0.101 e. The van der Waals surface area contributed by atoms with Crippen LogP contribution in [0.15, 0.2) is 12.4 Å². The minimum absolute atomic E-state index is 0.636. The molecular weight excluding hydrogens is 641 g/mol. The van der Waals surface area contributed by atoms with E-state index in [4.69, 9.17) is 0 Å². The van der Waals surface area contributed by atoms with Crippen molar-refractivity contribution in [3.05, 3.63) is 12.4 Å². The van der Waals surface area contributed by atoms with Crippen LogP contribution >= 0.6 is 0 Å². The fourth-order valence-corrected chi connectivity index (χ4v) is 8.84. The van der Waals surface area contributed by atoms with Crippen molar-refractivity contribution in [1.82, 2.24) is 9.80 Å². The first-order valence-corrected chi connectivity index (χ1v) is 25.5. The zero-order chi connectivity index (χ0) is 38.0. The van der Waals surface area contributed by atoms with E-state index in [0.29, 0.717) is 6.17 Å². The Kier molecular flexibility index (Phi) is 40.4. The molecule has 1 rings (SSSR count). The summed E-state index contributed by atoms with van der Waals surface area (Å²) in [5.74, 6) is 0. The Morgan fingerprint density at radius 1 is 0.245 bits per heavy atom. The third-order valence-corrected chi connectivity index (χ3v) is 12.6. The third kappa shape index (κ3) is 34.3. The van der Waals surface area contributed by atoms with E-state index in [1.807, 2.05) is 0 Å². The maximum Gasteiger partial charge on any atom is 0.101 e. The predicted molar refractivity (Wildman–Crippen MR) is 242 cm³/mol.